The first-order valence-corrected chi connectivity index (χ1v) is 49.6. The van der Waals surface area contributed by atoms with Crippen LogP contribution in [-0.4, -0.2) is 96.7 Å². The summed E-state index contributed by atoms with van der Waals surface area (Å²) < 4.78 is 69.1. The maximum Gasteiger partial charge on any atom is 0.472 e. The molecular formula is C90H176O17P2. The van der Waals surface area contributed by atoms with Gasteiger partial charge in [0.2, 0.25) is 0 Å². The molecule has 109 heavy (non-hydrogen) atoms. The second-order valence-corrected chi connectivity index (χ2v) is 35.7. The maximum absolute atomic E-state index is 13.2. The lowest BCUT2D eigenvalue weighted by atomic mass is 10.0. The summed E-state index contributed by atoms with van der Waals surface area (Å²) in [7, 11) is -9.93. The highest BCUT2D eigenvalue weighted by Gasteiger charge is 2.31. The Morgan fingerprint density at radius 1 is 0.248 bits per heavy atom. The molecule has 648 valence electrons. The average molecular weight is 1590 g/mol. The second kappa shape index (κ2) is 82.6. The number of hydrogen-bond acceptors (Lipinski definition) is 15. The number of rotatable bonds is 90. The highest BCUT2D eigenvalue weighted by Crippen LogP contribution is 2.45. The molecule has 0 aliphatic carbocycles. The van der Waals surface area contributed by atoms with Crippen molar-refractivity contribution in [3.8, 4) is 0 Å². The fraction of sp³-hybridized carbons (Fsp3) is 0.956. The van der Waals surface area contributed by atoms with E-state index in [1.165, 1.54) is 315 Å². The van der Waals surface area contributed by atoms with Crippen molar-refractivity contribution in [3.05, 3.63) is 0 Å². The molecule has 0 aromatic carbocycles. The van der Waals surface area contributed by atoms with Crippen molar-refractivity contribution in [1.29, 1.82) is 0 Å². The first-order valence-electron chi connectivity index (χ1n) is 46.6. The number of ether oxygens (including phenoxy) is 4. The van der Waals surface area contributed by atoms with Gasteiger partial charge in [-0.2, -0.15) is 0 Å². The number of carbonyl (C=O) groups excluding carboxylic acids is 4. The summed E-state index contributed by atoms with van der Waals surface area (Å²) in [6.07, 6.45) is 77.9. The van der Waals surface area contributed by atoms with E-state index in [1.54, 1.807) is 0 Å². The second-order valence-electron chi connectivity index (χ2n) is 32.8. The third-order valence-electron chi connectivity index (χ3n) is 21.3. The molecule has 0 rings (SSSR count). The number of aliphatic hydroxyl groups is 1. The Labute approximate surface area is 670 Å². The molecule has 0 aliphatic heterocycles. The first-order chi connectivity index (χ1) is 53.0. The van der Waals surface area contributed by atoms with Crippen molar-refractivity contribution in [2.75, 3.05) is 39.6 Å². The van der Waals surface area contributed by atoms with E-state index in [0.717, 1.165) is 95.8 Å². The minimum absolute atomic E-state index is 0.109. The molecule has 0 aromatic heterocycles. The zero-order valence-electron chi connectivity index (χ0n) is 71.7. The lowest BCUT2D eigenvalue weighted by molar-refractivity contribution is -0.161. The molecule has 17 nitrogen and oxygen atoms in total. The van der Waals surface area contributed by atoms with Gasteiger partial charge in [-0.1, -0.05) is 439 Å². The van der Waals surface area contributed by atoms with Crippen LogP contribution in [0, 0.1) is 5.92 Å². The third kappa shape index (κ3) is 83.8. The standard InChI is InChI=1S/C90H176O17P2/c1-6-9-12-15-18-21-24-27-30-33-35-36-37-38-41-44-47-50-55-61-66-71-76-89(94)106-85(79-100-87(92)73-68-63-58-53-48-45-42-40-34-31-28-25-22-19-16-13-10-7-2)81-104-108(96,97)102-77-84(91)78-103-109(98,99)105-82-86(80-101-88(93)74-69-64-59-56-51-52-57-62-67-72-83(4)5)107-90(95)75-70-65-60-54-49-46-43-39-32-29-26-23-20-17-14-11-8-3/h83-86,91H,6-82H2,1-5H3,(H,96,97)(H,98,99)/t84-,85-,86-/m1/s1. The average Bonchev–Trinajstić information content (AvgIpc) is 0.900. The van der Waals surface area contributed by atoms with E-state index in [-0.39, 0.29) is 25.7 Å². The number of esters is 4. The topological polar surface area (TPSA) is 237 Å². The van der Waals surface area contributed by atoms with E-state index in [4.69, 9.17) is 37.0 Å². The zero-order chi connectivity index (χ0) is 79.7. The van der Waals surface area contributed by atoms with Gasteiger partial charge >= 0.3 is 39.5 Å². The van der Waals surface area contributed by atoms with Crippen molar-refractivity contribution in [2.45, 2.75) is 509 Å². The van der Waals surface area contributed by atoms with E-state index >= 15 is 0 Å². The number of unbranched alkanes of at least 4 members (excludes halogenated alkanes) is 62. The summed E-state index contributed by atoms with van der Waals surface area (Å²) >= 11 is 0. The number of hydrogen-bond donors (Lipinski definition) is 3. The monoisotopic (exact) mass is 1590 g/mol. The third-order valence-corrected chi connectivity index (χ3v) is 23.2. The molecule has 0 heterocycles. The molecule has 0 aromatic rings. The first kappa shape index (κ1) is 107. The predicted molar refractivity (Wildman–Crippen MR) is 451 cm³/mol. The summed E-state index contributed by atoms with van der Waals surface area (Å²) in [6, 6.07) is 0. The fourth-order valence-corrected chi connectivity index (χ4v) is 15.8. The van der Waals surface area contributed by atoms with Crippen LogP contribution < -0.4 is 0 Å². The van der Waals surface area contributed by atoms with Gasteiger partial charge in [0.25, 0.3) is 0 Å². The molecule has 5 atom stereocenters. The number of phosphoric ester groups is 2. The van der Waals surface area contributed by atoms with Gasteiger partial charge < -0.3 is 33.8 Å². The van der Waals surface area contributed by atoms with Crippen LogP contribution in [0.1, 0.15) is 490 Å². The molecule has 0 saturated heterocycles. The Hall–Kier alpha value is -1.94. The Kier molecular flexibility index (Phi) is 81.1. The Bertz CT molecular complexity index is 2070. The van der Waals surface area contributed by atoms with Crippen molar-refractivity contribution >= 4 is 39.5 Å². The molecule has 0 bridgehead atoms. The lowest BCUT2D eigenvalue weighted by Gasteiger charge is -2.21. The van der Waals surface area contributed by atoms with E-state index in [0.29, 0.717) is 25.7 Å². The minimum atomic E-state index is -4.97. The zero-order valence-corrected chi connectivity index (χ0v) is 73.5. The van der Waals surface area contributed by atoms with Crippen LogP contribution in [0.5, 0.6) is 0 Å². The van der Waals surface area contributed by atoms with Crippen LogP contribution >= 0.6 is 15.6 Å². The Morgan fingerprint density at radius 2 is 0.422 bits per heavy atom. The molecule has 0 amide bonds. The number of aliphatic hydroxyl groups excluding tert-OH is 1. The maximum atomic E-state index is 13.2. The molecule has 0 spiro atoms. The largest absolute Gasteiger partial charge is 0.472 e. The van der Waals surface area contributed by atoms with Crippen molar-refractivity contribution in [3.63, 3.8) is 0 Å². The molecule has 2 unspecified atom stereocenters. The molecule has 0 saturated carbocycles. The van der Waals surface area contributed by atoms with Gasteiger partial charge in [-0.05, 0) is 31.6 Å². The normalized spacial score (nSPS) is 13.7. The van der Waals surface area contributed by atoms with Crippen LogP contribution in [0.25, 0.3) is 0 Å². The van der Waals surface area contributed by atoms with Crippen LogP contribution in [0.2, 0.25) is 0 Å². The van der Waals surface area contributed by atoms with Crippen LogP contribution in [0.3, 0.4) is 0 Å². The van der Waals surface area contributed by atoms with Gasteiger partial charge in [0, 0.05) is 25.7 Å². The van der Waals surface area contributed by atoms with E-state index < -0.39 is 97.5 Å². The number of carbonyl (C=O) groups is 4. The van der Waals surface area contributed by atoms with Crippen molar-refractivity contribution in [1.82, 2.24) is 0 Å². The van der Waals surface area contributed by atoms with Gasteiger partial charge in [-0.25, -0.2) is 9.13 Å². The number of phosphoric acid groups is 2. The van der Waals surface area contributed by atoms with E-state index in [1.807, 2.05) is 0 Å². The lowest BCUT2D eigenvalue weighted by Crippen LogP contribution is -2.30. The summed E-state index contributed by atoms with van der Waals surface area (Å²) in [6.45, 7) is 7.37. The molecule has 19 heteroatoms. The molecule has 3 N–H and O–H groups in total. The quantitative estimate of drug-likeness (QED) is 0.0222. The molecular weight excluding hydrogens is 1410 g/mol. The van der Waals surface area contributed by atoms with Crippen LogP contribution in [0.15, 0.2) is 0 Å². The SMILES string of the molecule is CCCCCCCCCCCCCCCCCCCCCCCCC(=O)O[C@H](COC(=O)CCCCCCCCCCCCCCCCCCCC)COP(=O)(O)OC[C@@H](O)COP(=O)(O)OC[C@@H](COC(=O)CCCCCCCCCCCC(C)C)OC(=O)CCCCCCCCCCCCCCCCCCC. The smallest absolute Gasteiger partial charge is 0.462 e. The predicted octanol–water partition coefficient (Wildman–Crippen LogP) is 27.9. The van der Waals surface area contributed by atoms with Crippen molar-refractivity contribution < 1.29 is 80.2 Å². The fourth-order valence-electron chi connectivity index (χ4n) is 14.2. The minimum Gasteiger partial charge on any atom is -0.462 e. The van der Waals surface area contributed by atoms with Gasteiger partial charge in [-0.3, -0.25) is 37.3 Å². The van der Waals surface area contributed by atoms with Crippen LogP contribution in [0.4, 0.5) is 0 Å². The summed E-state index contributed by atoms with van der Waals surface area (Å²) in [4.78, 5) is 73.4. The van der Waals surface area contributed by atoms with Gasteiger partial charge in [0.15, 0.2) is 12.2 Å². The van der Waals surface area contributed by atoms with E-state index in [2.05, 4.69) is 34.6 Å². The van der Waals surface area contributed by atoms with Gasteiger partial charge in [0.05, 0.1) is 26.4 Å². The van der Waals surface area contributed by atoms with Gasteiger partial charge in [0.1, 0.15) is 19.3 Å². The highest BCUT2D eigenvalue weighted by molar-refractivity contribution is 7.47. The summed E-state index contributed by atoms with van der Waals surface area (Å²) in [5.74, 6) is -1.35. The van der Waals surface area contributed by atoms with Crippen LogP contribution in [-0.2, 0) is 65.4 Å². The highest BCUT2D eigenvalue weighted by atomic mass is 31.2. The Balaban J connectivity index is 5.24. The van der Waals surface area contributed by atoms with Gasteiger partial charge in [-0.15, -0.1) is 0 Å². The van der Waals surface area contributed by atoms with Crippen molar-refractivity contribution in [2.24, 2.45) is 5.92 Å². The summed E-state index contributed by atoms with van der Waals surface area (Å²) in [5, 5.41) is 10.7. The Morgan fingerprint density at radius 3 is 0.624 bits per heavy atom. The van der Waals surface area contributed by atoms with E-state index in [9.17, 15) is 43.2 Å². The summed E-state index contributed by atoms with van der Waals surface area (Å²) in [5.41, 5.74) is 0. The molecule has 0 fully saturated rings. The molecule has 0 aliphatic rings. The molecule has 0 radical (unpaired) electrons.